The average molecular weight is 376 g/mol. The lowest BCUT2D eigenvalue weighted by molar-refractivity contribution is -0.153. The first-order valence-corrected chi connectivity index (χ1v) is 9.37. The molecular weight excluding hydrogens is 348 g/mol. The van der Waals surface area contributed by atoms with E-state index in [0.717, 1.165) is 45.7 Å². The lowest BCUT2D eigenvalue weighted by atomic mass is 10.1. The molecule has 0 unspecified atom stereocenters. The number of nitrogens with zero attached hydrogens (tertiary/aromatic N) is 1. The van der Waals surface area contributed by atoms with Crippen LogP contribution in [0.4, 0.5) is 5.69 Å². The molecule has 1 aromatic rings. The number of nitrogens with one attached hydrogen (secondary N) is 1. The van der Waals surface area contributed by atoms with Gasteiger partial charge in [0.1, 0.15) is 0 Å². The van der Waals surface area contributed by atoms with E-state index < -0.39 is 12.0 Å². The van der Waals surface area contributed by atoms with Gasteiger partial charge in [-0.3, -0.25) is 19.3 Å². The van der Waals surface area contributed by atoms with E-state index in [0.29, 0.717) is 17.7 Å². The molecule has 2 rings (SSSR count). The first-order chi connectivity index (χ1) is 13.0. The van der Waals surface area contributed by atoms with Gasteiger partial charge in [0.2, 0.25) is 0 Å². The van der Waals surface area contributed by atoms with Gasteiger partial charge >= 0.3 is 5.97 Å². The van der Waals surface area contributed by atoms with Gasteiger partial charge in [0.25, 0.3) is 5.91 Å². The van der Waals surface area contributed by atoms with Gasteiger partial charge in [-0.2, -0.15) is 0 Å². The van der Waals surface area contributed by atoms with Crippen molar-refractivity contribution in [2.45, 2.75) is 39.2 Å². The lowest BCUT2D eigenvalue weighted by Gasteiger charge is -2.26. The minimum absolute atomic E-state index is 0.0382. The van der Waals surface area contributed by atoms with Crippen molar-refractivity contribution in [3.05, 3.63) is 29.8 Å². The highest BCUT2D eigenvalue weighted by atomic mass is 16.5. The van der Waals surface area contributed by atoms with Crippen molar-refractivity contribution in [2.75, 3.05) is 38.2 Å². The van der Waals surface area contributed by atoms with Crippen LogP contribution in [0.3, 0.4) is 0 Å². The van der Waals surface area contributed by atoms with E-state index in [-0.39, 0.29) is 11.8 Å². The van der Waals surface area contributed by atoms with E-state index in [1.165, 1.54) is 6.92 Å². The number of Topliss-reactive ketones (excluding diaryl/α,β-unsaturated/α-hetero) is 1. The molecule has 1 heterocycles. The number of carbonyl (C=O) groups is 3. The first-order valence-electron chi connectivity index (χ1n) is 9.37. The molecule has 1 saturated heterocycles. The molecule has 1 N–H and O–H groups in total. The van der Waals surface area contributed by atoms with Crippen LogP contribution in [0.5, 0.6) is 0 Å². The molecule has 27 heavy (non-hydrogen) atoms. The van der Waals surface area contributed by atoms with Crippen molar-refractivity contribution in [1.29, 1.82) is 0 Å². The van der Waals surface area contributed by atoms with Gasteiger partial charge in [-0.05, 0) is 57.5 Å². The molecule has 0 saturated carbocycles. The molecule has 7 nitrogen and oxygen atoms in total. The van der Waals surface area contributed by atoms with Crippen molar-refractivity contribution < 1.29 is 23.9 Å². The number of rotatable bonds is 9. The number of ether oxygens (including phenoxy) is 2. The SMILES string of the molecule is CC(=O)c1ccc(NC(=O)[C@H](C)OC(=O)CCCCN2CCOCC2)cc1. The number of ketones is 1. The minimum atomic E-state index is -0.871. The van der Waals surface area contributed by atoms with E-state index in [9.17, 15) is 14.4 Å². The van der Waals surface area contributed by atoms with Crippen LogP contribution in [0.15, 0.2) is 24.3 Å². The molecule has 0 spiro atoms. The van der Waals surface area contributed by atoms with Crippen LogP contribution in [0.1, 0.15) is 43.5 Å². The van der Waals surface area contributed by atoms with Crippen molar-refractivity contribution in [2.24, 2.45) is 0 Å². The highest BCUT2D eigenvalue weighted by Gasteiger charge is 2.18. The molecule has 1 amide bonds. The standard InChI is InChI=1S/C20H28N2O5/c1-15(23)17-6-8-18(9-7-17)21-20(25)16(2)27-19(24)5-3-4-10-22-11-13-26-14-12-22/h6-9,16H,3-5,10-14H2,1-2H3,(H,21,25)/t16-/m0/s1. The number of esters is 1. The van der Waals surface area contributed by atoms with Gasteiger partial charge < -0.3 is 14.8 Å². The Kier molecular flexibility index (Phi) is 8.42. The summed E-state index contributed by atoms with van der Waals surface area (Å²) in [7, 11) is 0. The fourth-order valence-corrected chi connectivity index (χ4v) is 2.77. The van der Waals surface area contributed by atoms with Crippen molar-refractivity contribution in [3.63, 3.8) is 0 Å². The van der Waals surface area contributed by atoms with E-state index in [2.05, 4.69) is 10.2 Å². The minimum Gasteiger partial charge on any atom is -0.453 e. The van der Waals surface area contributed by atoms with Crippen LogP contribution in [-0.4, -0.2) is 61.5 Å². The van der Waals surface area contributed by atoms with Gasteiger partial charge in [0.05, 0.1) is 13.2 Å². The first kappa shape index (κ1) is 21.1. The average Bonchev–Trinajstić information content (AvgIpc) is 2.66. The Morgan fingerprint density at radius 3 is 2.44 bits per heavy atom. The molecule has 1 aliphatic rings. The summed E-state index contributed by atoms with van der Waals surface area (Å²) in [5.74, 6) is -0.803. The summed E-state index contributed by atoms with van der Waals surface area (Å²) >= 11 is 0. The van der Waals surface area contributed by atoms with E-state index in [1.54, 1.807) is 31.2 Å². The number of hydrogen-bond donors (Lipinski definition) is 1. The summed E-state index contributed by atoms with van der Waals surface area (Å²) in [6.07, 6.45) is 1.08. The predicted molar refractivity (Wildman–Crippen MR) is 102 cm³/mol. The summed E-state index contributed by atoms with van der Waals surface area (Å²) in [4.78, 5) is 37.6. The number of anilines is 1. The molecule has 148 valence electrons. The Balaban J connectivity index is 1.65. The van der Waals surface area contributed by atoms with Crippen LogP contribution < -0.4 is 5.32 Å². The van der Waals surface area contributed by atoms with Crippen LogP contribution in [0.2, 0.25) is 0 Å². The quantitative estimate of drug-likeness (QED) is 0.404. The largest absolute Gasteiger partial charge is 0.453 e. The monoisotopic (exact) mass is 376 g/mol. The molecule has 1 atom stereocenters. The third-order valence-corrected chi connectivity index (χ3v) is 4.45. The predicted octanol–water partition coefficient (Wildman–Crippen LogP) is 2.26. The third kappa shape index (κ3) is 7.48. The zero-order chi connectivity index (χ0) is 19.6. The Bertz CT molecular complexity index is 638. The number of benzene rings is 1. The Morgan fingerprint density at radius 2 is 1.81 bits per heavy atom. The molecule has 0 radical (unpaired) electrons. The van der Waals surface area contributed by atoms with Crippen LogP contribution >= 0.6 is 0 Å². The van der Waals surface area contributed by atoms with Gasteiger partial charge in [-0.25, -0.2) is 0 Å². The molecular formula is C20H28N2O5. The number of hydrogen-bond acceptors (Lipinski definition) is 6. The number of amides is 1. The van der Waals surface area contributed by atoms with Crippen LogP contribution in [0, 0.1) is 0 Å². The molecule has 1 aliphatic heterocycles. The second-order valence-corrected chi connectivity index (χ2v) is 6.67. The number of unbranched alkanes of at least 4 members (excludes halogenated alkanes) is 1. The molecule has 7 heteroatoms. The maximum Gasteiger partial charge on any atom is 0.306 e. The number of carbonyl (C=O) groups excluding carboxylic acids is 3. The Labute approximate surface area is 160 Å². The number of morpholine rings is 1. The van der Waals surface area contributed by atoms with E-state index in [1.807, 2.05) is 0 Å². The van der Waals surface area contributed by atoms with Gasteiger partial charge in [-0.15, -0.1) is 0 Å². The van der Waals surface area contributed by atoms with Crippen molar-refractivity contribution >= 4 is 23.3 Å². The van der Waals surface area contributed by atoms with Crippen molar-refractivity contribution in [3.8, 4) is 0 Å². The summed E-state index contributed by atoms with van der Waals surface area (Å²) < 4.78 is 10.5. The fourth-order valence-electron chi connectivity index (χ4n) is 2.77. The molecule has 0 aliphatic carbocycles. The second kappa shape index (κ2) is 10.8. The molecule has 1 aromatic carbocycles. The molecule has 0 bridgehead atoms. The van der Waals surface area contributed by atoms with Gasteiger partial charge in [-0.1, -0.05) is 0 Å². The smallest absolute Gasteiger partial charge is 0.306 e. The highest BCUT2D eigenvalue weighted by Crippen LogP contribution is 2.11. The Morgan fingerprint density at radius 1 is 1.15 bits per heavy atom. The van der Waals surface area contributed by atoms with Crippen LogP contribution in [0.25, 0.3) is 0 Å². The third-order valence-electron chi connectivity index (χ3n) is 4.45. The molecule has 1 fully saturated rings. The summed E-state index contributed by atoms with van der Waals surface area (Å²) in [6, 6.07) is 6.58. The van der Waals surface area contributed by atoms with Gasteiger partial charge in [0, 0.05) is 30.8 Å². The maximum absolute atomic E-state index is 12.1. The summed E-state index contributed by atoms with van der Waals surface area (Å²) in [5, 5.41) is 2.68. The summed E-state index contributed by atoms with van der Waals surface area (Å²) in [6.45, 7) is 7.40. The van der Waals surface area contributed by atoms with Crippen molar-refractivity contribution in [1.82, 2.24) is 4.90 Å². The zero-order valence-corrected chi connectivity index (χ0v) is 16.0. The normalized spacial score (nSPS) is 15.8. The molecule has 0 aromatic heterocycles. The summed E-state index contributed by atoms with van der Waals surface area (Å²) in [5.41, 5.74) is 1.13. The second-order valence-electron chi connectivity index (χ2n) is 6.67. The zero-order valence-electron chi connectivity index (χ0n) is 16.0. The lowest BCUT2D eigenvalue weighted by Crippen LogP contribution is -2.36. The van der Waals surface area contributed by atoms with Gasteiger partial charge in [0.15, 0.2) is 11.9 Å². The Hall–Kier alpha value is -2.25. The van der Waals surface area contributed by atoms with E-state index >= 15 is 0 Å². The van der Waals surface area contributed by atoms with Crippen LogP contribution in [-0.2, 0) is 19.1 Å². The topological polar surface area (TPSA) is 84.9 Å². The highest BCUT2D eigenvalue weighted by molar-refractivity contribution is 5.97. The maximum atomic E-state index is 12.1. The van der Waals surface area contributed by atoms with E-state index in [4.69, 9.17) is 9.47 Å². The fraction of sp³-hybridized carbons (Fsp3) is 0.550.